The van der Waals surface area contributed by atoms with E-state index in [0.717, 1.165) is 36.7 Å². The molecule has 3 aromatic rings. The van der Waals surface area contributed by atoms with Crippen LogP contribution >= 0.6 is 0 Å². The summed E-state index contributed by atoms with van der Waals surface area (Å²) in [5.41, 5.74) is 4.46. The molecule has 1 saturated heterocycles. The minimum Gasteiger partial charge on any atom is -0.381 e. The van der Waals surface area contributed by atoms with Gasteiger partial charge in [0.25, 0.3) is 0 Å². The SMILES string of the molecule is Cc1ccccc1NC(C)C1CN(c2ccc(-c3ccccc3)nn2)CCN1. The molecule has 144 valence electrons. The average molecular weight is 374 g/mol. The fourth-order valence-corrected chi connectivity index (χ4v) is 3.66. The first kappa shape index (κ1) is 18.4. The molecule has 0 aliphatic carbocycles. The van der Waals surface area contributed by atoms with Gasteiger partial charge in [-0.15, -0.1) is 10.2 Å². The standard InChI is InChI=1S/C23H27N5/c1-17-8-6-7-11-20(17)25-18(2)22-16-28(15-14-24-22)23-13-12-21(26-27-23)19-9-4-3-5-10-19/h3-13,18,22,24-25H,14-16H2,1-2H3. The first-order valence-corrected chi connectivity index (χ1v) is 9.90. The third kappa shape index (κ3) is 4.15. The quantitative estimate of drug-likeness (QED) is 0.714. The summed E-state index contributed by atoms with van der Waals surface area (Å²) in [6, 6.07) is 23.4. The van der Waals surface area contributed by atoms with E-state index in [4.69, 9.17) is 0 Å². The lowest BCUT2D eigenvalue weighted by Gasteiger charge is -2.37. The van der Waals surface area contributed by atoms with Crippen molar-refractivity contribution in [3.05, 3.63) is 72.3 Å². The number of piperazine rings is 1. The topological polar surface area (TPSA) is 53.1 Å². The van der Waals surface area contributed by atoms with Crippen LogP contribution in [0, 0.1) is 6.92 Å². The van der Waals surface area contributed by atoms with Gasteiger partial charge in [-0.25, -0.2) is 0 Å². The molecule has 2 heterocycles. The van der Waals surface area contributed by atoms with Crippen molar-refractivity contribution in [1.82, 2.24) is 15.5 Å². The van der Waals surface area contributed by atoms with Crippen LogP contribution in [0.15, 0.2) is 66.7 Å². The molecule has 0 bridgehead atoms. The number of nitrogens with zero attached hydrogens (tertiary/aromatic N) is 3. The van der Waals surface area contributed by atoms with E-state index in [0.29, 0.717) is 12.1 Å². The summed E-state index contributed by atoms with van der Waals surface area (Å²) in [5.74, 6) is 0.939. The lowest BCUT2D eigenvalue weighted by Crippen LogP contribution is -2.57. The average Bonchev–Trinajstić information content (AvgIpc) is 2.76. The van der Waals surface area contributed by atoms with Crippen molar-refractivity contribution in [3.63, 3.8) is 0 Å². The Morgan fingerprint density at radius 3 is 2.54 bits per heavy atom. The van der Waals surface area contributed by atoms with Gasteiger partial charge in [0.15, 0.2) is 5.82 Å². The Kier molecular flexibility index (Phi) is 5.53. The molecule has 1 aliphatic heterocycles. The first-order chi connectivity index (χ1) is 13.7. The molecule has 5 heteroatoms. The monoisotopic (exact) mass is 373 g/mol. The van der Waals surface area contributed by atoms with E-state index in [1.807, 2.05) is 18.2 Å². The highest BCUT2D eigenvalue weighted by Gasteiger charge is 2.25. The lowest BCUT2D eigenvalue weighted by atomic mass is 10.1. The molecule has 4 rings (SSSR count). The van der Waals surface area contributed by atoms with Crippen LogP contribution < -0.4 is 15.5 Å². The normalized spacial score (nSPS) is 17.9. The molecule has 1 aromatic heterocycles. The van der Waals surface area contributed by atoms with Crippen LogP contribution in [0.25, 0.3) is 11.3 Å². The number of anilines is 2. The summed E-state index contributed by atoms with van der Waals surface area (Å²) in [5, 5.41) is 16.2. The zero-order chi connectivity index (χ0) is 19.3. The van der Waals surface area contributed by atoms with Gasteiger partial charge in [-0.05, 0) is 37.6 Å². The molecule has 5 nitrogen and oxygen atoms in total. The number of aromatic nitrogens is 2. The Morgan fingerprint density at radius 2 is 1.79 bits per heavy atom. The van der Waals surface area contributed by atoms with Crippen LogP contribution in [0.3, 0.4) is 0 Å². The van der Waals surface area contributed by atoms with Crippen LogP contribution in [-0.4, -0.2) is 41.9 Å². The Labute approximate surface area is 166 Å². The van der Waals surface area contributed by atoms with Crippen LogP contribution in [0.1, 0.15) is 12.5 Å². The zero-order valence-corrected chi connectivity index (χ0v) is 16.5. The van der Waals surface area contributed by atoms with Crippen molar-refractivity contribution in [2.24, 2.45) is 0 Å². The minimum atomic E-state index is 0.306. The number of nitrogens with one attached hydrogen (secondary N) is 2. The molecule has 0 spiro atoms. The Bertz CT molecular complexity index is 894. The molecule has 1 aliphatic rings. The molecule has 1 fully saturated rings. The minimum absolute atomic E-state index is 0.306. The molecule has 2 N–H and O–H groups in total. The number of hydrogen-bond donors (Lipinski definition) is 2. The number of rotatable bonds is 5. The summed E-state index contributed by atoms with van der Waals surface area (Å²) < 4.78 is 0. The Balaban J connectivity index is 1.43. The number of hydrogen-bond acceptors (Lipinski definition) is 5. The molecular formula is C23H27N5. The number of para-hydroxylation sites is 1. The lowest BCUT2D eigenvalue weighted by molar-refractivity contribution is 0.420. The summed E-state index contributed by atoms with van der Waals surface area (Å²) in [7, 11) is 0. The highest BCUT2D eigenvalue weighted by atomic mass is 15.3. The predicted octanol–water partition coefficient (Wildman–Crippen LogP) is 3.73. The van der Waals surface area contributed by atoms with Gasteiger partial charge in [0, 0.05) is 43.0 Å². The summed E-state index contributed by atoms with van der Waals surface area (Å²) in [4.78, 5) is 2.32. The second kappa shape index (κ2) is 8.40. The smallest absolute Gasteiger partial charge is 0.151 e. The van der Waals surface area contributed by atoms with E-state index in [2.05, 4.69) is 88.1 Å². The van der Waals surface area contributed by atoms with Crippen LogP contribution in [0.5, 0.6) is 0 Å². The van der Waals surface area contributed by atoms with Gasteiger partial charge in [0.05, 0.1) is 5.69 Å². The fourth-order valence-electron chi connectivity index (χ4n) is 3.66. The van der Waals surface area contributed by atoms with Gasteiger partial charge in [-0.1, -0.05) is 48.5 Å². The van der Waals surface area contributed by atoms with Crippen molar-refractivity contribution in [2.75, 3.05) is 29.9 Å². The van der Waals surface area contributed by atoms with E-state index in [1.54, 1.807) is 0 Å². The van der Waals surface area contributed by atoms with E-state index < -0.39 is 0 Å². The maximum atomic E-state index is 4.50. The number of benzene rings is 2. The first-order valence-electron chi connectivity index (χ1n) is 9.90. The molecule has 28 heavy (non-hydrogen) atoms. The number of aryl methyl sites for hydroxylation is 1. The van der Waals surface area contributed by atoms with Crippen molar-refractivity contribution < 1.29 is 0 Å². The van der Waals surface area contributed by atoms with Gasteiger partial charge >= 0.3 is 0 Å². The molecular weight excluding hydrogens is 346 g/mol. The Morgan fingerprint density at radius 1 is 1.00 bits per heavy atom. The summed E-state index contributed by atoms with van der Waals surface area (Å²) >= 11 is 0. The van der Waals surface area contributed by atoms with E-state index >= 15 is 0 Å². The summed E-state index contributed by atoms with van der Waals surface area (Å²) in [6.45, 7) is 7.15. The van der Waals surface area contributed by atoms with Crippen LogP contribution in [0.4, 0.5) is 11.5 Å². The fraction of sp³-hybridized carbons (Fsp3) is 0.304. The van der Waals surface area contributed by atoms with Gasteiger partial charge in [-0.3, -0.25) is 0 Å². The molecule has 2 unspecified atom stereocenters. The van der Waals surface area contributed by atoms with Gasteiger partial charge in [0.2, 0.25) is 0 Å². The van der Waals surface area contributed by atoms with E-state index in [-0.39, 0.29) is 0 Å². The second-order valence-electron chi connectivity index (χ2n) is 7.40. The second-order valence-corrected chi connectivity index (χ2v) is 7.40. The Hall–Kier alpha value is -2.92. The maximum absolute atomic E-state index is 4.50. The van der Waals surface area contributed by atoms with Crippen molar-refractivity contribution >= 4 is 11.5 Å². The van der Waals surface area contributed by atoms with E-state index in [9.17, 15) is 0 Å². The van der Waals surface area contributed by atoms with Crippen molar-refractivity contribution in [3.8, 4) is 11.3 Å². The van der Waals surface area contributed by atoms with Gasteiger partial charge in [0.1, 0.15) is 0 Å². The molecule has 2 aromatic carbocycles. The van der Waals surface area contributed by atoms with Gasteiger partial charge in [-0.2, -0.15) is 0 Å². The maximum Gasteiger partial charge on any atom is 0.151 e. The molecule has 0 radical (unpaired) electrons. The third-order valence-corrected chi connectivity index (χ3v) is 5.38. The van der Waals surface area contributed by atoms with Crippen molar-refractivity contribution in [1.29, 1.82) is 0 Å². The third-order valence-electron chi connectivity index (χ3n) is 5.38. The molecule has 0 amide bonds. The highest BCUT2D eigenvalue weighted by molar-refractivity contribution is 5.59. The highest BCUT2D eigenvalue weighted by Crippen LogP contribution is 2.20. The van der Waals surface area contributed by atoms with E-state index in [1.165, 1.54) is 11.3 Å². The van der Waals surface area contributed by atoms with Gasteiger partial charge < -0.3 is 15.5 Å². The van der Waals surface area contributed by atoms with Crippen LogP contribution in [0.2, 0.25) is 0 Å². The molecule has 0 saturated carbocycles. The van der Waals surface area contributed by atoms with Crippen molar-refractivity contribution in [2.45, 2.75) is 25.9 Å². The zero-order valence-electron chi connectivity index (χ0n) is 16.5. The summed E-state index contributed by atoms with van der Waals surface area (Å²) in [6.07, 6.45) is 0. The molecule has 2 atom stereocenters. The predicted molar refractivity (Wildman–Crippen MR) is 116 cm³/mol. The van der Waals surface area contributed by atoms with Crippen LogP contribution in [-0.2, 0) is 0 Å². The largest absolute Gasteiger partial charge is 0.381 e.